The summed E-state index contributed by atoms with van der Waals surface area (Å²) in [6.07, 6.45) is 3.10. The molecule has 5 heteroatoms. The molecule has 2 aromatic carbocycles. The van der Waals surface area contributed by atoms with Gasteiger partial charge in [0.15, 0.2) is 0 Å². The number of carbonyl (C=O) groups excluding carboxylic acids is 1. The van der Waals surface area contributed by atoms with Gasteiger partial charge in [0.2, 0.25) is 0 Å². The van der Waals surface area contributed by atoms with Gasteiger partial charge in [-0.15, -0.1) is 0 Å². The summed E-state index contributed by atoms with van der Waals surface area (Å²) in [6.45, 7) is 2.31. The first-order chi connectivity index (χ1) is 12.7. The molecule has 0 aliphatic heterocycles. The molecule has 1 amide bonds. The minimum atomic E-state index is -0.264. The number of ether oxygens (including phenoxy) is 2. The molecule has 5 nitrogen and oxygen atoms in total. The van der Waals surface area contributed by atoms with Crippen LogP contribution in [0.2, 0.25) is 0 Å². The number of fused-ring (bicyclic) bond motifs is 1. The Morgan fingerprint density at radius 2 is 2.08 bits per heavy atom. The first-order valence-corrected chi connectivity index (χ1v) is 8.95. The van der Waals surface area contributed by atoms with Crippen molar-refractivity contribution in [2.24, 2.45) is 4.99 Å². The lowest BCUT2D eigenvalue weighted by Crippen LogP contribution is -2.33. The SMILES string of the molecule is CCOC(=N[C@@H]1CCCc2ccccc21)NC(=O)c1cccc(OC)c1. The first-order valence-electron chi connectivity index (χ1n) is 8.95. The zero-order valence-corrected chi connectivity index (χ0v) is 15.2. The van der Waals surface area contributed by atoms with Gasteiger partial charge in [0, 0.05) is 5.56 Å². The van der Waals surface area contributed by atoms with Crippen LogP contribution in [-0.2, 0) is 11.2 Å². The number of carbonyl (C=O) groups is 1. The van der Waals surface area contributed by atoms with Crippen molar-refractivity contribution in [3.05, 3.63) is 65.2 Å². The van der Waals surface area contributed by atoms with Crippen LogP contribution in [0.15, 0.2) is 53.5 Å². The molecule has 1 atom stereocenters. The normalized spacial score (nSPS) is 16.5. The van der Waals surface area contributed by atoms with Gasteiger partial charge in [-0.3, -0.25) is 10.1 Å². The second-order valence-electron chi connectivity index (χ2n) is 6.16. The van der Waals surface area contributed by atoms with E-state index >= 15 is 0 Å². The van der Waals surface area contributed by atoms with Gasteiger partial charge in [-0.2, -0.15) is 0 Å². The van der Waals surface area contributed by atoms with Crippen molar-refractivity contribution >= 4 is 11.9 Å². The quantitative estimate of drug-likeness (QED) is 0.671. The largest absolute Gasteiger partial charge is 0.497 e. The van der Waals surface area contributed by atoms with E-state index in [9.17, 15) is 4.79 Å². The van der Waals surface area contributed by atoms with Crippen molar-refractivity contribution < 1.29 is 14.3 Å². The van der Waals surface area contributed by atoms with Crippen molar-refractivity contribution in [2.45, 2.75) is 32.2 Å². The van der Waals surface area contributed by atoms with Crippen LogP contribution in [-0.4, -0.2) is 25.6 Å². The zero-order chi connectivity index (χ0) is 18.4. The number of amides is 1. The summed E-state index contributed by atoms with van der Waals surface area (Å²) in [4.78, 5) is 17.3. The van der Waals surface area contributed by atoms with E-state index in [2.05, 4.69) is 23.5 Å². The van der Waals surface area contributed by atoms with Gasteiger partial charge in [0.25, 0.3) is 11.9 Å². The molecular formula is C21H24N2O3. The lowest BCUT2D eigenvalue weighted by molar-refractivity contribution is 0.0965. The van der Waals surface area contributed by atoms with Crippen molar-refractivity contribution in [3.8, 4) is 5.75 Å². The predicted octanol–water partition coefficient (Wildman–Crippen LogP) is 3.90. The number of nitrogens with one attached hydrogen (secondary N) is 1. The molecule has 0 heterocycles. The van der Waals surface area contributed by atoms with Crippen LogP contribution >= 0.6 is 0 Å². The van der Waals surface area contributed by atoms with Crippen LogP contribution in [0.4, 0.5) is 0 Å². The highest BCUT2D eigenvalue weighted by molar-refractivity contribution is 6.04. The van der Waals surface area contributed by atoms with Crippen molar-refractivity contribution in [2.75, 3.05) is 13.7 Å². The van der Waals surface area contributed by atoms with Crippen LogP contribution in [0.5, 0.6) is 5.75 Å². The van der Waals surface area contributed by atoms with Crippen LogP contribution < -0.4 is 10.1 Å². The molecule has 3 rings (SSSR count). The Hall–Kier alpha value is -2.82. The topological polar surface area (TPSA) is 59.9 Å². The minimum Gasteiger partial charge on any atom is -0.497 e. The minimum absolute atomic E-state index is 0.00658. The van der Waals surface area contributed by atoms with E-state index in [1.54, 1.807) is 31.4 Å². The molecular weight excluding hydrogens is 328 g/mol. The molecule has 0 saturated heterocycles. The van der Waals surface area contributed by atoms with Gasteiger partial charge < -0.3 is 9.47 Å². The second-order valence-corrected chi connectivity index (χ2v) is 6.16. The Kier molecular flexibility index (Phi) is 5.89. The summed E-state index contributed by atoms with van der Waals surface area (Å²) in [7, 11) is 1.57. The highest BCUT2D eigenvalue weighted by atomic mass is 16.5. The molecule has 0 radical (unpaired) electrons. The van der Waals surface area contributed by atoms with Gasteiger partial charge in [0.1, 0.15) is 5.75 Å². The van der Waals surface area contributed by atoms with Crippen LogP contribution in [0.1, 0.15) is 47.3 Å². The predicted molar refractivity (Wildman–Crippen MR) is 102 cm³/mol. The highest BCUT2D eigenvalue weighted by Crippen LogP contribution is 2.32. The van der Waals surface area contributed by atoms with E-state index in [-0.39, 0.29) is 18.0 Å². The number of amidine groups is 1. The number of methoxy groups -OCH3 is 1. The third-order valence-corrected chi connectivity index (χ3v) is 4.44. The Morgan fingerprint density at radius 3 is 2.88 bits per heavy atom. The number of nitrogens with zero attached hydrogens (tertiary/aromatic N) is 1. The maximum absolute atomic E-state index is 12.6. The number of rotatable bonds is 4. The van der Waals surface area contributed by atoms with Gasteiger partial charge in [-0.1, -0.05) is 30.3 Å². The fraction of sp³-hybridized carbons (Fsp3) is 0.333. The average molecular weight is 352 g/mol. The summed E-state index contributed by atoms with van der Waals surface area (Å²) in [6, 6.07) is 15.6. The number of aryl methyl sites for hydroxylation is 1. The summed E-state index contributed by atoms with van der Waals surface area (Å²) in [5.74, 6) is 0.369. The molecule has 136 valence electrons. The fourth-order valence-corrected chi connectivity index (χ4v) is 3.18. The Morgan fingerprint density at radius 1 is 1.23 bits per heavy atom. The lowest BCUT2D eigenvalue weighted by Gasteiger charge is -2.23. The molecule has 0 unspecified atom stereocenters. The Bertz CT molecular complexity index is 801. The number of hydrogen-bond acceptors (Lipinski definition) is 4. The number of benzene rings is 2. The van der Waals surface area contributed by atoms with E-state index in [1.165, 1.54) is 11.1 Å². The van der Waals surface area contributed by atoms with Crippen LogP contribution in [0.3, 0.4) is 0 Å². The lowest BCUT2D eigenvalue weighted by atomic mass is 9.88. The maximum atomic E-state index is 12.6. The third kappa shape index (κ3) is 4.23. The van der Waals surface area contributed by atoms with Crippen LogP contribution in [0.25, 0.3) is 0 Å². The number of hydrogen-bond donors (Lipinski definition) is 1. The molecule has 0 saturated carbocycles. The van der Waals surface area contributed by atoms with Gasteiger partial charge in [-0.05, 0) is 55.5 Å². The number of aliphatic imine (C=N–C) groups is 1. The average Bonchev–Trinajstić information content (AvgIpc) is 2.68. The van der Waals surface area contributed by atoms with Crippen molar-refractivity contribution in [1.82, 2.24) is 5.32 Å². The molecule has 1 aliphatic carbocycles. The van der Waals surface area contributed by atoms with Gasteiger partial charge >= 0.3 is 0 Å². The summed E-state index contributed by atoms with van der Waals surface area (Å²) >= 11 is 0. The first kappa shape index (κ1) is 18.0. The molecule has 0 bridgehead atoms. The zero-order valence-electron chi connectivity index (χ0n) is 15.2. The summed E-state index contributed by atoms with van der Waals surface area (Å²) in [5, 5.41) is 2.80. The van der Waals surface area contributed by atoms with E-state index in [4.69, 9.17) is 14.5 Å². The molecule has 0 aromatic heterocycles. The monoisotopic (exact) mass is 352 g/mol. The standard InChI is InChI=1S/C21H24N2O3/c1-3-26-21(23-20(24)16-10-6-11-17(14-16)25-2)22-19-13-7-9-15-8-4-5-12-18(15)19/h4-6,8,10-12,14,19H,3,7,9,13H2,1-2H3,(H,22,23,24)/t19-/m1/s1. The van der Waals surface area contributed by atoms with Crippen LogP contribution in [0, 0.1) is 0 Å². The van der Waals surface area contributed by atoms with E-state index < -0.39 is 0 Å². The molecule has 1 aliphatic rings. The van der Waals surface area contributed by atoms with E-state index in [0.717, 1.165) is 19.3 Å². The Labute approximate surface area is 154 Å². The summed E-state index contributed by atoms with van der Waals surface area (Å²) in [5.41, 5.74) is 3.04. The van der Waals surface area contributed by atoms with E-state index in [1.807, 2.05) is 13.0 Å². The van der Waals surface area contributed by atoms with Gasteiger partial charge in [0.05, 0.1) is 19.8 Å². The fourth-order valence-electron chi connectivity index (χ4n) is 3.18. The molecule has 26 heavy (non-hydrogen) atoms. The van der Waals surface area contributed by atoms with Crippen molar-refractivity contribution in [1.29, 1.82) is 0 Å². The highest BCUT2D eigenvalue weighted by Gasteiger charge is 2.21. The smallest absolute Gasteiger partial charge is 0.292 e. The van der Waals surface area contributed by atoms with Gasteiger partial charge in [-0.25, -0.2) is 4.99 Å². The second kappa shape index (κ2) is 8.52. The molecule has 0 fully saturated rings. The molecule has 0 spiro atoms. The summed E-state index contributed by atoms with van der Waals surface area (Å²) < 4.78 is 10.8. The third-order valence-electron chi connectivity index (χ3n) is 4.44. The maximum Gasteiger partial charge on any atom is 0.292 e. The molecule has 2 aromatic rings. The van der Waals surface area contributed by atoms with Crippen molar-refractivity contribution in [3.63, 3.8) is 0 Å². The molecule has 1 N–H and O–H groups in total. The Balaban J connectivity index is 1.81. The van der Waals surface area contributed by atoms with E-state index in [0.29, 0.717) is 17.9 Å².